The Balaban J connectivity index is 2.23. The number of hydrogen-bond acceptors (Lipinski definition) is 3. The second-order valence-electron chi connectivity index (χ2n) is 3.96. The van der Waals surface area contributed by atoms with Crippen molar-refractivity contribution in [3.05, 3.63) is 29.6 Å². The van der Waals surface area contributed by atoms with Gasteiger partial charge in [-0.3, -0.25) is 4.79 Å². The predicted octanol–water partition coefficient (Wildman–Crippen LogP) is 1.29. The summed E-state index contributed by atoms with van der Waals surface area (Å²) in [5, 5.41) is 0. The van der Waals surface area contributed by atoms with Crippen molar-refractivity contribution in [3.63, 3.8) is 0 Å². The third-order valence-electron chi connectivity index (χ3n) is 2.69. The molecule has 5 heteroatoms. The normalized spacial score (nSPS) is 20.2. The molecule has 1 aliphatic heterocycles. The molecule has 0 aromatic heterocycles. The highest BCUT2D eigenvalue weighted by Gasteiger charge is 2.26. The van der Waals surface area contributed by atoms with Crippen LogP contribution in [0.1, 0.15) is 16.8 Å². The molecular formula is C11H13FN2OS. The van der Waals surface area contributed by atoms with Crippen molar-refractivity contribution in [2.75, 3.05) is 13.1 Å². The van der Waals surface area contributed by atoms with Crippen molar-refractivity contribution < 1.29 is 9.18 Å². The lowest BCUT2D eigenvalue weighted by Crippen LogP contribution is -2.32. The van der Waals surface area contributed by atoms with E-state index in [4.69, 9.17) is 5.73 Å². The zero-order chi connectivity index (χ0) is 11.7. The Bertz CT molecular complexity index is 424. The van der Waals surface area contributed by atoms with Crippen molar-refractivity contribution in [2.45, 2.75) is 17.4 Å². The average molecular weight is 240 g/mol. The van der Waals surface area contributed by atoms with E-state index < -0.39 is 5.82 Å². The van der Waals surface area contributed by atoms with Gasteiger partial charge < -0.3 is 10.6 Å². The Morgan fingerprint density at radius 2 is 2.31 bits per heavy atom. The molecule has 2 N–H and O–H groups in total. The summed E-state index contributed by atoms with van der Waals surface area (Å²) in [5.41, 5.74) is 5.78. The topological polar surface area (TPSA) is 46.3 Å². The molecule has 1 saturated heterocycles. The van der Waals surface area contributed by atoms with E-state index >= 15 is 0 Å². The minimum atomic E-state index is -0.511. The Labute approximate surface area is 98.8 Å². The molecule has 0 aliphatic carbocycles. The summed E-state index contributed by atoms with van der Waals surface area (Å²) in [6, 6.07) is 4.23. The number of benzene rings is 1. The first-order valence-corrected chi connectivity index (χ1v) is 5.56. The first-order chi connectivity index (χ1) is 7.58. The zero-order valence-electron chi connectivity index (χ0n) is 8.69. The first kappa shape index (κ1) is 11.4. The van der Waals surface area contributed by atoms with Crippen LogP contribution in [0.5, 0.6) is 0 Å². The van der Waals surface area contributed by atoms with Crippen LogP contribution in [0.2, 0.25) is 0 Å². The molecule has 1 aromatic rings. The Morgan fingerprint density at radius 1 is 1.56 bits per heavy atom. The summed E-state index contributed by atoms with van der Waals surface area (Å²) >= 11 is 4.09. The van der Waals surface area contributed by atoms with E-state index in [1.54, 1.807) is 4.90 Å². The van der Waals surface area contributed by atoms with Crippen LogP contribution in [0.4, 0.5) is 4.39 Å². The molecule has 1 fully saturated rings. The first-order valence-electron chi connectivity index (χ1n) is 5.11. The smallest absolute Gasteiger partial charge is 0.256 e. The van der Waals surface area contributed by atoms with Crippen LogP contribution in [-0.2, 0) is 0 Å². The van der Waals surface area contributed by atoms with E-state index in [2.05, 4.69) is 12.6 Å². The lowest BCUT2D eigenvalue weighted by Gasteiger charge is -2.16. The van der Waals surface area contributed by atoms with Gasteiger partial charge in [-0.25, -0.2) is 4.39 Å². The van der Waals surface area contributed by atoms with Crippen LogP contribution in [0.3, 0.4) is 0 Å². The third kappa shape index (κ3) is 2.20. The fourth-order valence-electron chi connectivity index (χ4n) is 1.82. The molecule has 0 radical (unpaired) electrons. The molecular weight excluding hydrogens is 227 g/mol. The number of nitrogens with two attached hydrogens (primary N) is 1. The number of amides is 1. The largest absolute Gasteiger partial charge is 0.337 e. The van der Waals surface area contributed by atoms with Gasteiger partial charge in [-0.15, -0.1) is 12.6 Å². The van der Waals surface area contributed by atoms with Crippen molar-refractivity contribution in [1.29, 1.82) is 0 Å². The number of carbonyl (C=O) groups excluding carboxylic acids is 1. The van der Waals surface area contributed by atoms with Crippen LogP contribution in [0.15, 0.2) is 23.1 Å². The second-order valence-corrected chi connectivity index (χ2v) is 4.48. The maximum absolute atomic E-state index is 13.5. The molecule has 1 aromatic carbocycles. The predicted molar refractivity (Wildman–Crippen MR) is 62.1 cm³/mol. The lowest BCUT2D eigenvalue weighted by molar-refractivity contribution is 0.0786. The maximum atomic E-state index is 13.5. The molecule has 0 spiro atoms. The van der Waals surface area contributed by atoms with Gasteiger partial charge in [0.25, 0.3) is 5.91 Å². The number of halogens is 1. The number of nitrogens with zero attached hydrogens (tertiary/aromatic N) is 1. The van der Waals surface area contributed by atoms with Gasteiger partial charge in [0.2, 0.25) is 0 Å². The molecule has 86 valence electrons. The van der Waals surface area contributed by atoms with Gasteiger partial charge in [-0.05, 0) is 24.6 Å². The quantitative estimate of drug-likeness (QED) is 0.727. The van der Waals surface area contributed by atoms with Crippen molar-refractivity contribution >= 4 is 18.5 Å². The third-order valence-corrected chi connectivity index (χ3v) is 2.97. The van der Waals surface area contributed by atoms with Crippen LogP contribution in [0.25, 0.3) is 0 Å². The maximum Gasteiger partial charge on any atom is 0.256 e. The molecule has 1 amide bonds. The Kier molecular flexibility index (Phi) is 3.16. The van der Waals surface area contributed by atoms with Gasteiger partial charge in [0, 0.05) is 24.0 Å². The van der Waals surface area contributed by atoms with Crippen molar-refractivity contribution in [1.82, 2.24) is 4.90 Å². The summed E-state index contributed by atoms with van der Waals surface area (Å²) in [5.74, 6) is -0.815. The van der Waals surface area contributed by atoms with Crippen molar-refractivity contribution in [2.24, 2.45) is 5.73 Å². The highest BCUT2D eigenvalue weighted by Crippen LogP contribution is 2.18. The number of hydrogen-bond donors (Lipinski definition) is 2. The van der Waals surface area contributed by atoms with Crippen LogP contribution in [-0.4, -0.2) is 29.9 Å². The SMILES string of the molecule is NC1CCN(C(=O)c2cc(S)ccc2F)C1. The fourth-order valence-corrected chi connectivity index (χ4v) is 2.02. The number of carbonyl (C=O) groups is 1. The summed E-state index contributed by atoms with van der Waals surface area (Å²) in [4.78, 5) is 14.1. The fraction of sp³-hybridized carbons (Fsp3) is 0.364. The second kappa shape index (κ2) is 4.43. The van der Waals surface area contributed by atoms with Crippen LogP contribution >= 0.6 is 12.6 Å². The molecule has 3 nitrogen and oxygen atoms in total. The van der Waals surface area contributed by atoms with Gasteiger partial charge in [0.15, 0.2) is 0 Å². The van der Waals surface area contributed by atoms with E-state index in [1.165, 1.54) is 18.2 Å². The van der Waals surface area contributed by atoms with Gasteiger partial charge in [-0.1, -0.05) is 0 Å². The highest BCUT2D eigenvalue weighted by atomic mass is 32.1. The Hall–Kier alpha value is -1.07. The van der Waals surface area contributed by atoms with Crippen LogP contribution in [0, 0.1) is 5.82 Å². The zero-order valence-corrected chi connectivity index (χ0v) is 9.58. The lowest BCUT2D eigenvalue weighted by atomic mass is 10.2. The molecule has 1 atom stereocenters. The van der Waals surface area contributed by atoms with Crippen LogP contribution < -0.4 is 5.73 Å². The average Bonchev–Trinajstić information content (AvgIpc) is 2.67. The monoisotopic (exact) mass is 240 g/mol. The number of likely N-dealkylation sites (tertiary alicyclic amines) is 1. The molecule has 1 aliphatic rings. The van der Waals surface area contributed by atoms with Crippen molar-refractivity contribution in [3.8, 4) is 0 Å². The number of rotatable bonds is 1. The molecule has 0 bridgehead atoms. The van der Waals surface area contributed by atoms with Gasteiger partial charge in [0.1, 0.15) is 5.82 Å². The van der Waals surface area contributed by atoms with E-state index in [1.807, 2.05) is 0 Å². The number of thiol groups is 1. The highest BCUT2D eigenvalue weighted by molar-refractivity contribution is 7.80. The molecule has 0 saturated carbocycles. The van der Waals surface area contributed by atoms with Gasteiger partial charge in [0.05, 0.1) is 5.56 Å². The summed E-state index contributed by atoms with van der Waals surface area (Å²) in [7, 11) is 0. The standard InChI is InChI=1S/C11H13FN2OS/c12-10-2-1-8(16)5-9(10)11(15)14-4-3-7(13)6-14/h1-2,5,7,16H,3-4,6,13H2. The Morgan fingerprint density at radius 3 is 2.94 bits per heavy atom. The minimum Gasteiger partial charge on any atom is -0.337 e. The molecule has 1 unspecified atom stereocenters. The molecule has 1 heterocycles. The molecule has 16 heavy (non-hydrogen) atoms. The minimum absolute atomic E-state index is 0.00574. The van der Waals surface area contributed by atoms with E-state index in [0.717, 1.165) is 6.42 Å². The van der Waals surface area contributed by atoms with Gasteiger partial charge in [-0.2, -0.15) is 0 Å². The van der Waals surface area contributed by atoms with E-state index in [9.17, 15) is 9.18 Å². The summed E-state index contributed by atoms with van der Waals surface area (Å²) in [6.45, 7) is 1.09. The van der Waals surface area contributed by atoms with E-state index in [-0.39, 0.29) is 17.5 Å². The summed E-state index contributed by atoms with van der Waals surface area (Å²) < 4.78 is 13.5. The summed E-state index contributed by atoms with van der Waals surface area (Å²) in [6.07, 6.45) is 0.772. The van der Waals surface area contributed by atoms with E-state index in [0.29, 0.717) is 18.0 Å². The molecule has 2 rings (SSSR count). The van der Waals surface area contributed by atoms with Gasteiger partial charge >= 0.3 is 0 Å².